The first-order valence-corrected chi connectivity index (χ1v) is 3.62. The molecular weight excluding hydrogens is 173 g/mol. The maximum absolute atomic E-state index is 12.7. The summed E-state index contributed by atoms with van der Waals surface area (Å²) in [7, 11) is 0. The van der Waals surface area contributed by atoms with E-state index in [1.54, 1.807) is 0 Å². The lowest BCUT2D eigenvalue weighted by Gasteiger charge is -1.99. The number of hydrogen-bond donors (Lipinski definition) is 2. The standard InChI is InChI=1S/C8H6FN3O/c9-4-1-2-5-6(3-4)11-8(13)12-7(5)10/h1-3H,(H3,10,11,12,13). The molecule has 0 fully saturated rings. The molecule has 66 valence electrons. The Hall–Kier alpha value is -1.91. The highest BCUT2D eigenvalue weighted by Gasteiger charge is 2.01. The molecule has 0 unspecified atom stereocenters. The summed E-state index contributed by atoms with van der Waals surface area (Å²) in [4.78, 5) is 16.7. The van der Waals surface area contributed by atoms with Crippen LogP contribution in [-0.4, -0.2) is 9.97 Å². The highest BCUT2D eigenvalue weighted by Crippen LogP contribution is 2.15. The second-order valence-electron chi connectivity index (χ2n) is 2.62. The highest BCUT2D eigenvalue weighted by molar-refractivity contribution is 5.87. The van der Waals surface area contributed by atoms with Crippen molar-refractivity contribution in [2.24, 2.45) is 0 Å². The molecule has 13 heavy (non-hydrogen) atoms. The maximum atomic E-state index is 12.7. The molecule has 0 saturated heterocycles. The van der Waals surface area contributed by atoms with Gasteiger partial charge in [-0.3, -0.25) is 0 Å². The fraction of sp³-hybridized carbons (Fsp3) is 0. The van der Waals surface area contributed by atoms with Crippen molar-refractivity contribution in [3.05, 3.63) is 34.5 Å². The number of hydrogen-bond acceptors (Lipinski definition) is 3. The molecule has 1 aromatic heterocycles. The van der Waals surface area contributed by atoms with Crippen LogP contribution >= 0.6 is 0 Å². The van der Waals surface area contributed by atoms with E-state index in [1.165, 1.54) is 18.2 Å². The highest BCUT2D eigenvalue weighted by atomic mass is 19.1. The van der Waals surface area contributed by atoms with Gasteiger partial charge in [0.15, 0.2) is 0 Å². The Balaban J connectivity index is 2.94. The lowest BCUT2D eigenvalue weighted by molar-refractivity contribution is 0.629. The number of aromatic amines is 1. The summed E-state index contributed by atoms with van der Waals surface area (Å²) in [6.45, 7) is 0. The molecule has 0 saturated carbocycles. The molecule has 1 heterocycles. The molecule has 4 nitrogen and oxygen atoms in total. The minimum Gasteiger partial charge on any atom is -0.383 e. The number of H-pyrrole nitrogens is 1. The van der Waals surface area contributed by atoms with Crippen molar-refractivity contribution in [3.8, 4) is 0 Å². The molecule has 0 aliphatic heterocycles. The van der Waals surface area contributed by atoms with Gasteiger partial charge in [-0.25, -0.2) is 9.18 Å². The molecule has 0 atom stereocenters. The number of aromatic nitrogens is 2. The van der Waals surface area contributed by atoms with Crippen LogP contribution in [0.4, 0.5) is 10.2 Å². The predicted molar refractivity (Wildman–Crippen MR) is 46.7 cm³/mol. The third-order valence-electron chi connectivity index (χ3n) is 1.72. The lowest BCUT2D eigenvalue weighted by atomic mass is 10.2. The van der Waals surface area contributed by atoms with Gasteiger partial charge in [0.25, 0.3) is 0 Å². The van der Waals surface area contributed by atoms with Crippen molar-refractivity contribution in [1.29, 1.82) is 0 Å². The molecule has 1 aromatic carbocycles. The molecule has 3 N–H and O–H groups in total. The van der Waals surface area contributed by atoms with E-state index in [4.69, 9.17) is 5.73 Å². The van der Waals surface area contributed by atoms with E-state index in [0.29, 0.717) is 10.9 Å². The van der Waals surface area contributed by atoms with Crippen LogP contribution in [0.2, 0.25) is 0 Å². The van der Waals surface area contributed by atoms with Crippen molar-refractivity contribution in [2.45, 2.75) is 0 Å². The van der Waals surface area contributed by atoms with Crippen LogP contribution in [0.15, 0.2) is 23.0 Å². The zero-order valence-corrected chi connectivity index (χ0v) is 6.54. The average Bonchev–Trinajstić information content (AvgIpc) is 2.02. The zero-order chi connectivity index (χ0) is 9.42. The first-order chi connectivity index (χ1) is 6.16. The fourth-order valence-electron chi connectivity index (χ4n) is 1.16. The van der Waals surface area contributed by atoms with Crippen LogP contribution < -0.4 is 11.4 Å². The van der Waals surface area contributed by atoms with E-state index in [1.807, 2.05) is 0 Å². The Labute approximate surface area is 72.2 Å². The van der Waals surface area contributed by atoms with E-state index in [-0.39, 0.29) is 5.82 Å². The Bertz CT molecular complexity index is 520. The SMILES string of the molecule is Nc1nc(=O)[nH]c2cc(F)ccc12. The number of rotatable bonds is 0. The minimum absolute atomic E-state index is 0.110. The van der Waals surface area contributed by atoms with E-state index >= 15 is 0 Å². The number of anilines is 1. The second kappa shape index (κ2) is 2.55. The number of fused-ring (bicyclic) bond motifs is 1. The van der Waals surface area contributed by atoms with Crippen LogP contribution in [0.5, 0.6) is 0 Å². The van der Waals surface area contributed by atoms with Gasteiger partial charge < -0.3 is 10.7 Å². The molecule has 0 aliphatic rings. The van der Waals surface area contributed by atoms with Gasteiger partial charge in [0.2, 0.25) is 0 Å². The van der Waals surface area contributed by atoms with Crippen LogP contribution in [0.3, 0.4) is 0 Å². The number of nitrogens with two attached hydrogens (primary N) is 1. The topological polar surface area (TPSA) is 71.8 Å². The summed E-state index contributed by atoms with van der Waals surface area (Å²) in [6, 6.07) is 3.94. The number of nitrogens with one attached hydrogen (secondary N) is 1. The van der Waals surface area contributed by atoms with Gasteiger partial charge in [0.1, 0.15) is 11.6 Å². The van der Waals surface area contributed by atoms with Gasteiger partial charge in [-0.15, -0.1) is 0 Å². The van der Waals surface area contributed by atoms with E-state index in [2.05, 4.69) is 9.97 Å². The normalized spacial score (nSPS) is 10.5. The first kappa shape index (κ1) is 7.72. The number of halogens is 1. The van der Waals surface area contributed by atoms with Gasteiger partial charge in [0, 0.05) is 5.39 Å². The van der Waals surface area contributed by atoms with E-state index in [0.717, 1.165) is 0 Å². The van der Waals surface area contributed by atoms with Crippen LogP contribution in [0.1, 0.15) is 0 Å². The Kier molecular flexibility index (Phi) is 1.51. The third-order valence-corrected chi connectivity index (χ3v) is 1.72. The predicted octanol–water partition coefficient (Wildman–Crippen LogP) is 0.644. The van der Waals surface area contributed by atoms with Crippen molar-refractivity contribution in [3.63, 3.8) is 0 Å². The van der Waals surface area contributed by atoms with Crippen molar-refractivity contribution >= 4 is 16.7 Å². The molecular formula is C8H6FN3O. The number of nitrogen functional groups attached to an aromatic ring is 1. The quantitative estimate of drug-likeness (QED) is 0.623. The van der Waals surface area contributed by atoms with E-state index < -0.39 is 11.5 Å². The first-order valence-electron chi connectivity index (χ1n) is 3.62. The second-order valence-corrected chi connectivity index (χ2v) is 2.62. The molecule has 5 heteroatoms. The summed E-state index contributed by atoms with van der Waals surface area (Å²) in [5.41, 5.74) is 5.24. The van der Waals surface area contributed by atoms with Crippen molar-refractivity contribution < 1.29 is 4.39 Å². The number of benzene rings is 1. The lowest BCUT2D eigenvalue weighted by Crippen LogP contribution is -2.12. The third kappa shape index (κ3) is 1.24. The molecule has 0 aliphatic carbocycles. The fourth-order valence-corrected chi connectivity index (χ4v) is 1.16. The smallest absolute Gasteiger partial charge is 0.347 e. The Morgan fingerprint density at radius 1 is 1.46 bits per heavy atom. The van der Waals surface area contributed by atoms with Crippen molar-refractivity contribution in [1.82, 2.24) is 9.97 Å². The molecule has 2 rings (SSSR count). The van der Waals surface area contributed by atoms with Crippen molar-refractivity contribution in [2.75, 3.05) is 5.73 Å². The summed E-state index contributed by atoms with van der Waals surface area (Å²) >= 11 is 0. The monoisotopic (exact) mass is 179 g/mol. The maximum Gasteiger partial charge on any atom is 0.347 e. The zero-order valence-electron chi connectivity index (χ0n) is 6.54. The van der Waals surface area contributed by atoms with Gasteiger partial charge in [-0.1, -0.05) is 0 Å². The summed E-state index contributed by atoms with van der Waals surface area (Å²) in [6.07, 6.45) is 0. The van der Waals surface area contributed by atoms with Gasteiger partial charge in [0.05, 0.1) is 5.52 Å². The molecule has 0 amide bonds. The number of nitrogens with zero attached hydrogens (tertiary/aromatic N) is 1. The van der Waals surface area contributed by atoms with Gasteiger partial charge in [-0.2, -0.15) is 4.98 Å². The molecule has 2 aromatic rings. The van der Waals surface area contributed by atoms with Gasteiger partial charge >= 0.3 is 5.69 Å². The van der Waals surface area contributed by atoms with Gasteiger partial charge in [-0.05, 0) is 18.2 Å². The molecule has 0 spiro atoms. The summed E-state index contributed by atoms with van der Waals surface area (Å²) < 4.78 is 12.7. The minimum atomic E-state index is -0.574. The Morgan fingerprint density at radius 2 is 2.23 bits per heavy atom. The average molecular weight is 179 g/mol. The molecule has 0 bridgehead atoms. The largest absolute Gasteiger partial charge is 0.383 e. The summed E-state index contributed by atoms with van der Waals surface area (Å²) in [5.74, 6) is -0.312. The Morgan fingerprint density at radius 3 is 3.00 bits per heavy atom. The summed E-state index contributed by atoms with van der Waals surface area (Å²) in [5, 5.41) is 0.543. The van der Waals surface area contributed by atoms with E-state index in [9.17, 15) is 9.18 Å². The molecule has 0 radical (unpaired) electrons. The van der Waals surface area contributed by atoms with Crippen LogP contribution in [0.25, 0.3) is 10.9 Å². The van der Waals surface area contributed by atoms with Crippen LogP contribution in [0, 0.1) is 5.82 Å². The van der Waals surface area contributed by atoms with Crippen LogP contribution in [-0.2, 0) is 0 Å².